The molecule has 3 aromatic carbocycles. The number of nitrogens with one attached hydrogen (secondary N) is 1. The van der Waals surface area contributed by atoms with E-state index in [-0.39, 0.29) is 6.42 Å². The molecule has 4 rings (SSSR count). The second kappa shape index (κ2) is 9.99. The first-order valence-corrected chi connectivity index (χ1v) is 10.8. The van der Waals surface area contributed by atoms with Crippen LogP contribution in [0.25, 0.3) is 16.8 Å². The number of anilines is 1. The lowest BCUT2D eigenvalue weighted by Gasteiger charge is -2.13. The number of carbonyl (C=O) groups is 2. The average molecular weight is 457 g/mol. The molecule has 1 aromatic heterocycles. The molecule has 0 bridgehead atoms. The summed E-state index contributed by atoms with van der Waals surface area (Å²) in [6, 6.07) is 24.6. The van der Waals surface area contributed by atoms with Crippen LogP contribution in [-0.4, -0.2) is 32.2 Å². The molecular weight excluding hydrogens is 432 g/mol. The molecule has 0 radical (unpaired) electrons. The van der Waals surface area contributed by atoms with Crippen molar-refractivity contribution in [2.24, 2.45) is 0 Å². The number of hydrogen-bond donors (Lipinski definition) is 2. The van der Waals surface area contributed by atoms with E-state index < -0.39 is 18.2 Å². The summed E-state index contributed by atoms with van der Waals surface area (Å²) in [5.41, 5.74) is 5.07. The summed E-state index contributed by atoms with van der Waals surface area (Å²) < 4.78 is 7.08. The van der Waals surface area contributed by atoms with Crippen LogP contribution in [0.2, 0.25) is 0 Å². The van der Waals surface area contributed by atoms with E-state index in [0.717, 1.165) is 27.9 Å². The average Bonchev–Trinajstić information content (AvgIpc) is 3.19. The van der Waals surface area contributed by atoms with Crippen LogP contribution in [0.3, 0.4) is 0 Å². The minimum atomic E-state index is -0.854. The highest BCUT2D eigenvalue weighted by atomic mass is 16.6. The van der Waals surface area contributed by atoms with Gasteiger partial charge in [0.15, 0.2) is 5.82 Å². The van der Waals surface area contributed by atoms with Gasteiger partial charge in [0.1, 0.15) is 6.10 Å². The van der Waals surface area contributed by atoms with E-state index in [1.54, 1.807) is 11.6 Å². The highest BCUT2D eigenvalue weighted by Gasteiger charge is 2.16. The van der Waals surface area contributed by atoms with Gasteiger partial charge in [0.25, 0.3) is 0 Å². The number of amides is 1. The summed E-state index contributed by atoms with van der Waals surface area (Å²) in [4.78, 5) is 23.2. The van der Waals surface area contributed by atoms with Gasteiger partial charge in [-0.25, -0.2) is 9.48 Å². The Hall–Kier alpha value is -4.46. The van der Waals surface area contributed by atoms with E-state index in [0.29, 0.717) is 11.5 Å². The third-order valence-corrected chi connectivity index (χ3v) is 5.42. The van der Waals surface area contributed by atoms with Gasteiger partial charge >= 0.3 is 12.1 Å². The van der Waals surface area contributed by atoms with E-state index in [2.05, 4.69) is 15.6 Å². The van der Waals surface area contributed by atoms with Crippen LogP contribution in [0.15, 0.2) is 78.9 Å². The monoisotopic (exact) mass is 456 g/mol. The maximum Gasteiger partial charge on any atom is 0.413 e. The Balaban J connectivity index is 1.43. The number of aliphatic carboxylic acids is 1. The van der Waals surface area contributed by atoms with Gasteiger partial charge in [-0.3, -0.25) is 10.1 Å². The van der Waals surface area contributed by atoms with Crippen molar-refractivity contribution in [3.63, 3.8) is 0 Å². The van der Waals surface area contributed by atoms with Crippen molar-refractivity contribution < 1.29 is 19.4 Å². The first kappa shape index (κ1) is 22.7. The smallest absolute Gasteiger partial charge is 0.413 e. The maximum atomic E-state index is 12.3. The van der Waals surface area contributed by atoms with Gasteiger partial charge in [-0.05, 0) is 48.2 Å². The Morgan fingerprint density at radius 3 is 2.21 bits per heavy atom. The molecule has 0 saturated heterocycles. The Morgan fingerprint density at radius 2 is 1.59 bits per heavy atom. The van der Waals surface area contributed by atoms with Crippen molar-refractivity contribution in [3.05, 3.63) is 95.7 Å². The fourth-order valence-electron chi connectivity index (χ4n) is 3.55. The van der Waals surface area contributed by atoms with Crippen molar-refractivity contribution in [3.8, 4) is 16.8 Å². The van der Waals surface area contributed by atoms with Crippen LogP contribution in [0.5, 0.6) is 0 Å². The van der Waals surface area contributed by atoms with Gasteiger partial charge in [0.2, 0.25) is 0 Å². The number of carboxylic acid groups (broad SMARTS) is 1. The molecule has 1 unspecified atom stereocenters. The van der Waals surface area contributed by atoms with Gasteiger partial charge in [-0.2, -0.15) is 0 Å². The van der Waals surface area contributed by atoms with E-state index in [1.807, 2.05) is 85.8 Å². The summed E-state index contributed by atoms with van der Waals surface area (Å²) in [5.74, 6) is -0.531. The molecule has 0 saturated carbocycles. The molecule has 34 heavy (non-hydrogen) atoms. The number of benzene rings is 3. The molecule has 8 nitrogen and oxygen atoms in total. The third-order valence-electron chi connectivity index (χ3n) is 5.42. The van der Waals surface area contributed by atoms with Crippen LogP contribution in [0.1, 0.15) is 29.8 Å². The highest BCUT2D eigenvalue weighted by Crippen LogP contribution is 2.24. The Labute approximate surface area is 196 Å². The van der Waals surface area contributed by atoms with Crippen molar-refractivity contribution in [2.75, 3.05) is 5.32 Å². The number of ether oxygens (including phenoxy) is 1. The van der Waals surface area contributed by atoms with Crippen molar-refractivity contribution in [1.29, 1.82) is 0 Å². The molecule has 1 amide bonds. The zero-order valence-electron chi connectivity index (χ0n) is 18.8. The summed E-state index contributed by atoms with van der Waals surface area (Å²) in [7, 11) is 0. The number of carbonyl (C=O) groups excluding carboxylic acids is 1. The van der Waals surface area contributed by atoms with E-state index in [1.165, 1.54) is 0 Å². The lowest BCUT2D eigenvalue weighted by molar-refractivity contribution is -0.136. The van der Waals surface area contributed by atoms with Crippen molar-refractivity contribution in [2.45, 2.75) is 26.4 Å². The van der Waals surface area contributed by atoms with Gasteiger partial charge < -0.3 is 9.84 Å². The fourth-order valence-corrected chi connectivity index (χ4v) is 3.55. The van der Waals surface area contributed by atoms with Crippen LogP contribution in [-0.2, 0) is 16.0 Å². The first-order chi connectivity index (χ1) is 16.4. The molecule has 1 atom stereocenters. The number of hydrogen-bond acceptors (Lipinski definition) is 5. The largest absolute Gasteiger partial charge is 0.481 e. The van der Waals surface area contributed by atoms with E-state index in [9.17, 15) is 9.59 Å². The minimum absolute atomic E-state index is 0.000126. The summed E-state index contributed by atoms with van der Waals surface area (Å²) >= 11 is 0. The Bertz CT molecular complexity index is 1280. The standard InChI is InChI=1S/C26H24N4O4/c1-17-25(27-26(33)34-18(2)20-6-4-3-5-7-20)28-29-30(17)23-14-12-22(13-15-23)21-10-8-19(9-11-21)16-24(31)32/h3-15,18H,16H2,1-2H3,(H,27,33)(H,31,32). The molecule has 0 aliphatic carbocycles. The first-order valence-electron chi connectivity index (χ1n) is 10.8. The van der Waals surface area contributed by atoms with Crippen molar-refractivity contribution >= 4 is 17.9 Å². The lowest BCUT2D eigenvalue weighted by Crippen LogP contribution is -2.17. The van der Waals surface area contributed by atoms with Gasteiger partial charge in [0.05, 0.1) is 17.8 Å². The number of rotatable bonds is 7. The normalized spacial score (nSPS) is 11.6. The molecule has 172 valence electrons. The number of carboxylic acids is 1. The van der Waals surface area contributed by atoms with E-state index >= 15 is 0 Å². The van der Waals surface area contributed by atoms with Gasteiger partial charge in [-0.1, -0.05) is 71.9 Å². The zero-order chi connectivity index (χ0) is 24.1. The van der Waals surface area contributed by atoms with Crippen molar-refractivity contribution in [1.82, 2.24) is 15.0 Å². The minimum Gasteiger partial charge on any atom is -0.481 e. The van der Waals surface area contributed by atoms with Crippen LogP contribution in [0.4, 0.5) is 10.6 Å². The molecule has 4 aromatic rings. The zero-order valence-corrected chi connectivity index (χ0v) is 18.8. The molecule has 0 aliphatic heterocycles. The molecular formula is C26H24N4O4. The summed E-state index contributed by atoms with van der Waals surface area (Å²) in [6.45, 7) is 3.62. The van der Waals surface area contributed by atoms with E-state index in [4.69, 9.17) is 9.84 Å². The maximum absolute atomic E-state index is 12.3. The number of aromatic nitrogens is 3. The molecule has 0 fully saturated rings. The summed E-state index contributed by atoms with van der Waals surface area (Å²) in [5, 5.41) is 19.8. The fraction of sp³-hybridized carbons (Fsp3) is 0.154. The highest BCUT2D eigenvalue weighted by molar-refractivity contribution is 5.84. The van der Waals surface area contributed by atoms with Gasteiger partial charge in [-0.15, -0.1) is 5.10 Å². The molecule has 8 heteroatoms. The second-order valence-corrected chi connectivity index (χ2v) is 7.83. The molecule has 1 heterocycles. The predicted molar refractivity (Wildman–Crippen MR) is 128 cm³/mol. The third kappa shape index (κ3) is 5.29. The quantitative estimate of drug-likeness (QED) is 0.397. The topological polar surface area (TPSA) is 106 Å². The molecule has 0 spiro atoms. The Kier molecular flexibility index (Phi) is 6.68. The lowest BCUT2D eigenvalue weighted by atomic mass is 10.0. The number of nitrogens with zero attached hydrogens (tertiary/aromatic N) is 3. The predicted octanol–water partition coefficient (Wildman–Crippen LogP) is 5.18. The molecule has 0 aliphatic rings. The Morgan fingerprint density at radius 1 is 0.971 bits per heavy atom. The van der Waals surface area contributed by atoms with Gasteiger partial charge in [0, 0.05) is 0 Å². The van der Waals surface area contributed by atoms with Crippen LogP contribution < -0.4 is 5.32 Å². The second-order valence-electron chi connectivity index (χ2n) is 7.83. The molecule has 2 N–H and O–H groups in total. The SMILES string of the molecule is Cc1c(NC(=O)OC(C)c2ccccc2)nnn1-c1ccc(-c2ccc(CC(=O)O)cc2)cc1. The van der Waals surface area contributed by atoms with Crippen LogP contribution >= 0.6 is 0 Å². The van der Waals surface area contributed by atoms with Crippen LogP contribution in [0, 0.1) is 6.92 Å². The summed E-state index contributed by atoms with van der Waals surface area (Å²) in [6.07, 6.45) is -1.00.